The smallest absolute Gasteiger partial charge is 0.274 e. The van der Waals surface area contributed by atoms with Crippen LogP contribution in [0.5, 0.6) is 0 Å². The second-order valence-corrected chi connectivity index (χ2v) is 7.58. The van der Waals surface area contributed by atoms with E-state index in [1.807, 2.05) is 60.7 Å². The van der Waals surface area contributed by atoms with Crippen molar-refractivity contribution in [1.82, 2.24) is 5.43 Å². The van der Waals surface area contributed by atoms with Crippen LogP contribution in [0.1, 0.15) is 11.1 Å². The largest absolute Gasteiger partial charge is 0.282 e. The Morgan fingerprint density at radius 1 is 0.960 bits per heavy atom. The molecule has 0 spiro atoms. The summed E-state index contributed by atoms with van der Waals surface area (Å²) in [5.41, 5.74) is 4.45. The first kappa shape index (κ1) is 16.8. The second kappa shape index (κ2) is 6.86. The van der Waals surface area contributed by atoms with E-state index in [1.54, 1.807) is 0 Å². The predicted molar refractivity (Wildman–Crippen MR) is 94.3 cm³/mol. The first-order chi connectivity index (χ1) is 12.0. The molecule has 0 amide bonds. The Labute approximate surface area is 144 Å². The monoisotopic (exact) mass is 357 g/mol. The van der Waals surface area contributed by atoms with Crippen LogP contribution >= 0.6 is 0 Å². The molecule has 1 aliphatic heterocycles. The van der Waals surface area contributed by atoms with Gasteiger partial charge in [0.25, 0.3) is 5.70 Å². The molecule has 0 aliphatic carbocycles. The van der Waals surface area contributed by atoms with Crippen LogP contribution in [0.4, 0.5) is 0 Å². The topological polar surface area (TPSA) is 102 Å². The molecule has 0 radical (unpaired) electrons. The number of hydrazone groups is 1. The molecule has 0 saturated heterocycles. The summed E-state index contributed by atoms with van der Waals surface area (Å²) < 4.78 is 23.4. The lowest BCUT2D eigenvalue weighted by Crippen LogP contribution is -2.16. The van der Waals surface area contributed by atoms with Gasteiger partial charge in [-0.2, -0.15) is 5.10 Å². The average molecular weight is 357 g/mol. The van der Waals surface area contributed by atoms with Crippen LogP contribution in [0.3, 0.4) is 0 Å². The highest BCUT2D eigenvalue weighted by Gasteiger charge is 2.35. The minimum atomic E-state index is -3.51. The third kappa shape index (κ3) is 3.92. The minimum Gasteiger partial charge on any atom is -0.274 e. The molecule has 1 heterocycles. The zero-order chi connectivity index (χ0) is 17.9. The summed E-state index contributed by atoms with van der Waals surface area (Å²) in [4.78, 5) is 10.4. The molecule has 8 heteroatoms. The van der Waals surface area contributed by atoms with E-state index in [4.69, 9.17) is 0 Å². The van der Waals surface area contributed by atoms with Gasteiger partial charge < -0.3 is 0 Å². The number of nitrogens with zero attached hydrogens (tertiary/aromatic N) is 2. The molecule has 3 rings (SSSR count). The molecular weight excluding hydrogens is 342 g/mol. The normalized spacial score (nSPS) is 15.7. The second-order valence-electron chi connectivity index (χ2n) is 5.52. The summed E-state index contributed by atoms with van der Waals surface area (Å²) >= 11 is 0. The van der Waals surface area contributed by atoms with Crippen molar-refractivity contribution < 1.29 is 13.3 Å². The number of nitrogens with one attached hydrogen (secondary N) is 1. The minimum absolute atomic E-state index is 0.00867. The van der Waals surface area contributed by atoms with E-state index in [2.05, 4.69) is 10.5 Å². The summed E-state index contributed by atoms with van der Waals surface area (Å²) in [6, 6.07) is 18.6. The van der Waals surface area contributed by atoms with Gasteiger partial charge in [0.1, 0.15) is 11.4 Å². The van der Waals surface area contributed by atoms with Crippen LogP contribution in [0.2, 0.25) is 0 Å². The Morgan fingerprint density at radius 3 is 1.96 bits per heavy atom. The maximum absolute atomic E-state index is 11.7. The Morgan fingerprint density at radius 2 is 1.48 bits per heavy atom. The van der Waals surface area contributed by atoms with Gasteiger partial charge in [-0.15, -0.1) is 0 Å². The van der Waals surface area contributed by atoms with Crippen molar-refractivity contribution in [3.8, 4) is 0 Å². The number of sulfone groups is 1. The van der Waals surface area contributed by atoms with Crippen molar-refractivity contribution in [3.05, 3.63) is 93.3 Å². The summed E-state index contributed by atoms with van der Waals surface area (Å²) in [7, 11) is -3.51. The highest BCUT2D eigenvalue weighted by molar-refractivity contribution is 7.92. The first-order valence-corrected chi connectivity index (χ1v) is 9.30. The Bertz CT molecular complexity index is 910. The van der Waals surface area contributed by atoms with Crippen LogP contribution in [-0.2, 0) is 9.84 Å². The fourth-order valence-corrected chi connectivity index (χ4v) is 3.99. The van der Waals surface area contributed by atoms with Crippen molar-refractivity contribution in [1.29, 1.82) is 0 Å². The van der Waals surface area contributed by atoms with Crippen molar-refractivity contribution in [2.75, 3.05) is 11.5 Å². The zero-order valence-electron chi connectivity index (χ0n) is 13.1. The Kier molecular flexibility index (Phi) is 4.62. The van der Waals surface area contributed by atoms with Gasteiger partial charge in [0.2, 0.25) is 0 Å². The van der Waals surface area contributed by atoms with Crippen LogP contribution in [-0.4, -0.2) is 30.6 Å². The zero-order valence-corrected chi connectivity index (χ0v) is 13.9. The standard InChI is InChI=1S/C17H15N3O4S/c21-20(22)16-12-25(23,24)11-15(16)18-19-17(13-7-3-1-4-8-13)14-9-5-2-6-10-14/h1-10,18H,11-12H2. The highest BCUT2D eigenvalue weighted by atomic mass is 32.2. The van der Waals surface area contributed by atoms with Gasteiger partial charge in [0, 0.05) is 11.1 Å². The maximum Gasteiger partial charge on any atom is 0.282 e. The third-order valence-electron chi connectivity index (χ3n) is 3.69. The van der Waals surface area contributed by atoms with Crippen LogP contribution in [0.15, 0.2) is 77.2 Å². The van der Waals surface area contributed by atoms with Gasteiger partial charge in [-0.25, -0.2) is 8.42 Å². The molecule has 2 aromatic rings. The number of nitro groups is 1. The molecule has 1 N–H and O–H groups in total. The molecule has 2 aromatic carbocycles. The SMILES string of the molecule is O=[N+]([O-])C1=C(NN=C(c2ccccc2)c2ccccc2)CS(=O)(=O)C1. The molecule has 128 valence electrons. The highest BCUT2D eigenvalue weighted by Crippen LogP contribution is 2.19. The number of benzene rings is 2. The molecule has 0 fully saturated rings. The van der Waals surface area contributed by atoms with Gasteiger partial charge in [0.05, 0.1) is 16.4 Å². The number of hydrogen-bond donors (Lipinski definition) is 1. The number of rotatable bonds is 5. The van der Waals surface area contributed by atoms with Gasteiger partial charge in [-0.05, 0) is 0 Å². The molecule has 0 unspecified atom stereocenters. The van der Waals surface area contributed by atoms with Crippen molar-refractivity contribution in [2.45, 2.75) is 0 Å². The van der Waals surface area contributed by atoms with E-state index in [-0.39, 0.29) is 11.4 Å². The van der Waals surface area contributed by atoms with E-state index >= 15 is 0 Å². The van der Waals surface area contributed by atoms with Gasteiger partial charge in [0.15, 0.2) is 9.84 Å². The molecule has 0 bridgehead atoms. The average Bonchev–Trinajstić information content (AvgIpc) is 2.92. The summed E-state index contributed by atoms with van der Waals surface area (Å²) in [5.74, 6) is -0.993. The van der Waals surface area contributed by atoms with E-state index in [9.17, 15) is 18.5 Å². The number of hydrogen-bond acceptors (Lipinski definition) is 6. The van der Waals surface area contributed by atoms with Crippen molar-refractivity contribution in [3.63, 3.8) is 0 Å². The van der Waals surface area contributed by atoms with Gasteiger partial charge in [-0.3, -0.25) is 15.5 Å². The molecular formula is C17H15N3O4S. The Hall–Kier alpha value is -3.00. The first-order valence-electron chi connectivity index (χ1n) is 7.48. The fourth-order valence-electron chi connectivity index (χ4n) is 2.52. The van der Waals surface area contributed by atoms with E-state index in [1.165, 1.54) is 0 Å². The van der Waals surface area contributed by atoms with Crippen LogP contribution < -0.4 is 5.43 Å². The lowest BCUT2D eigenvalue weighted by atomic mass is 10.0. The predicted octanol–water partition coefficient (Wildman–Crippen LogP) is 1.95. The molecule has 0 atom stereocenters. The maximum atomic E-state index is 11.7. The third-order valence-corrected chi connectivity index (χ3v) is 5.13. The quantitative estimate of drug-likeness (QED) is 0.501. The summed E-state index contributed by atoms with van der Waals surface area (Å²) in [5, 5.41) is 15.4. The Balaban J connectivity index is 2.00. The lowest BCUT2D eigenvalue weighted by Gasteiger charge is -2.08. The molecule has 1 aliphatic rings. The van der Waals surface area contributed by atoms with Crippen LogP contribution in [0.25, 0.3) is 0 Å². The van der Waals surface area contributed by atoms with E-state index in [0.717, 1.165) is 11.1 Å². The lowest BCUT2D eigenvalue weighted by molar-refractivity contribution is -0.424. The van der Waals surface area contributed by atoms with E-state index < -0.39 is 26.3 Å². The van der Waals surface area contributed by atoms with Crippen LogP contribution in [0, 0.1) is 10.1 Å². The fraction of sp³-hybridized carbons (Fsp3) is 0.118. The molecule has 7 nitrogen and oxygen atoms in total. The van der Waals surface area contributed by atoms with E-state index in [0.29, 0.717) is 5.71 Å². The van der Waals surface area contributed by atoms with Gasteiger partial charge >= 0.3 is 0 Å². The van der Waals surface area contributed by atoms with Crippen molar-refractivity contribution in [2.24, 2.45) is 5.10 Å². The summed E-state index contributed by atoms with van der Waals surface area (Å²) in [6.45, 7) is 0. The molecule has 0 saturated carbocycles. The van der Waals surface area contributed by atoms with Gasteiger partial charge in [-0.1, -0.05) is 60.7 Å². The molecule has 0 aromatic heterocycles. The molecule has 25 heavy (non-hydrogen) atoms. The summed E-state index contributed by atoms with van der Waals surface area (Å²) in [6.07, 6.45) is 0. The van der Waals surface area contributed by atoms with Crippen molar-refractivity contribution >= 4 is 15.5 Å².